The molecule has 1 aromatic carbocycles. The van der Waals surface area contributed by atoms with Crippen LogP contribution in [0.1, 0.15) is 17.5 Å². The van der Waals surface area contributed by atoms with Crippen molar-refractivity contribution in [3.05, 3.63) is 29.3 Å². The largest absolute Gasteiger partial charge is 0.481 e. The first-order chi connectivity index (χ1) is 15.8. The van der Waals surface area contributed by atoms with E-state index in [1.807, 2.05) is 34.9 Å². The Bertz CT molecular complexity index is 885. The number of carboxylic acids is 1. The van der Waals surface area contributed by atoms with Crippen LogP contribution in [0.5, 0.6) is 0 Å². The second-order valence-electron chi connectivity index (χ2n) is 8.50. The number of hydrogen-bond acceptors (Lipinski definition) is 5. The van der Waals surface area contributed by atoms with Crippen LogP contribution in [0.15, 0.2) is 18.2 Å². The lowest BCUT2D eigenvalue weighted by Gasteiger charge is -2.35. The fraction of sp³-hybridized carbons (Fsp3) is 0.619. The summed E-state index contributed by atoms with van der Waals surface area (Å²) in [5.41, 5.74) is 2.84. The third kappa shape index (κ3) is 6.24. The Morgan fingerprint density at radius 1 is 1.06 bits per heavy atom. The van der Waals surface area contributed by atoms with E-state index in [9.17, 15) is 41.0 Å². The summed E-state index contributed by atoms with van der Waals surface area (Å²) in [6, 6.07) is 5.78. The van der Waals surface area contributed by atoms with Gasteiger partial charge in [0.15, 0.2) is 0 Å². The Hall–Kier alpha value is -2.70. The molecule has 2 saturated heterocycles. The zero-order chi connectivity index (χ0) is 25.3. The van der Waals surface area contributed by atoms with Crippen LogP contribution in [0.3, 0.4) is 0 Å². The highest BCUT2D eigenvalue weighted by Gasteiger charge is 2.60. The minimum Gasteiger partial charge on any atom is -0.481 e. The number of carboxylic acid groups (broad SMARTS) is 1. The summed E-state index contributed by atoms with van der Waals surface area (Å²) in [4.78, 5) is 27.9. The van der Waals surface area contributed by atoms with Gasteiger partial charge < -0.3 is 19.6 Å². The van der Waals surface area contributed by atoms with Gasteiger partial charge in [-0.2, -0.15) is 26.3 Å². The van der Waals surface area contributed by atoms with E-state index < -0.39 is 36.4 Å². The lowest BCUT2D eigenvalue weighted by Crippen LogP contribution is -2.52. The van der Waals surface area contributed by atoms with Gasteiger partial charge in [-0.05, 0) is 30.5 Å². The van der Waals surface area contributed by atoms with Gasteiger partial charge in [-0.25, -0.2) is 4.79 Å². The molecular weight excluding hydrogens is 472 g/mol. The number of alkyl halides is 6. The van der Waals surface area contributed by atoms with Gasteiger partial charge in [0.25, 0.3) is 6.10 Å². The molecule has 0 radical (unpaired) electrons. The van der Waals surface area contributed by atoms with Crippen LogP contribution >= 0.6 is 0 Å². The number of amides is 1. The number of rotatable bonds is 5. The van der Waals surface area contributed by atoms with Crippen LogP contribution in [-0.4, -0.2) is 84.7 Å². The Labute approximate surface area is 191 Å². The van der Waals surface area contributed by atoms with Crippen LogP contribution in [0.2, 0.25) is 0 Å². The molecule has 0 aliphatic carbocycles. The number of piperazine rings is 1. The highest BCUT2D eigenvalue weighted by atomic mass is 19.4. The molecule has 190 valence electrons. The lowest BCUT2D eigenvalue weighted by atomic mass is 10.1. The first-order valence-electron chi connectivity index (χ1n) is 10.6. The third-order valence-electron chi connectivity index (χ3n) is 6.00. The number of ether oxygens (including phenoxy) is 1. The van der Waals surface area contributed by atoms with Gasteiger partial charge in [0.2, 0.25) is 0 Å². The van der Waals surface area contributed by atoms with E-state index in [2.05, 4.69) is 4.74 Å². The average molecular weight is 497 g/mol. The standard InChI is InChI=1S/C21H25F6N3O4/c1-13-2-3-14(10-16(13)30-5-4-15(12-30)17(31)32)11-28-6-8-29(9-7-28)19(33)34-18(20(22,23)24)21(25,26)27/h2-3,10,15,18H,4-9,11-12H2,1H3,(H,31,32). The van der Waals surface area contributed by atoms with Gasteiger partial charge in [-0.3, -0.25) is 9.69 Å². The summed E-state index contributed by atoms with van der Waals surface area (Å²) in [6.07, 6.45) is -16.8. The molecule has 2 heterocycles. The van der Waals surface area contributed by atoms with E-state index in [1.165, 1.54) is 0 Å². The molecule has 34 heavy (non-hydrogen) atoms. The lowest BCUT2D eigenvalue weighted by molar-refractivity contribution is -0.308. The molecule has 2 aliphatic rings. The molecule has 1 unspecified atom stereocenters. The number of halogens is 6. The summed E-state index contributed by atoms with van der Waals surface area (Å²) in [7, 11) is 0. The second-order valence-corrected chi connectivity index (χ2v) is 8.50. The number of anilines is 1. The minimum absolute atomic E-state index is 0.0770. The number of hydrogen-bond donors (Lipinski definition) is 1. The quantitative estimate of drug-likeness (QED) is 0.627. The zero-order valence-corrected chi connectivity index (χ0v) is 18.3. The fourth-order valence-electron chi connectivity index (χ4n) is 4.12. The molecule has 2 fully saturated rings. The van der Waals surface area contributed by atoms with Crippen LogP contribution in [0.25, 0.3) is 0 Å². The van der Waals surface area contributed by atoms with Crippen LogP contribution in [0, 0.1) is 12.8 Å². The molecular formula is C21H25F6N3O4. The summed E-state index contributed by atoms with van der Waals surface area (Å²) < 4.78 is 79.5. The van der Waals surface area contributed by atoms with E-state index >= 15 is 0 Å². The van der Waals surface area contributed by atoms with Crippen molar-refractivity contribution in [2.75, 3.05) is 44.2 Å². The number of carbonyl (C=O) groups excluding carboxylic acids is 1. The molecule has 1 aromatic rings. The van der Waals surface area contributed by atoms with E-state index in [-0.39, 0.29) is 26.2 Å². The number of carbonyl (C=O) groups is 2. The van der Waals surface area contributed by atoms with Gasteiger partial charge in [0, 0.05) is 51.5 Å². The summed E-state index contributed by atoms with van der Waals surface area (Å²) in [6.45, 7) is 3.75. The Morgan fingerprint density at radius 2 is 1.68 bits per heavy atom. The minimum atomic E-state index is -5.75. The maximum Gasteiger partial charge on any atom is 0.434 e. The molecule has 0 aromatic heterocycles. The van der Waals surface area contributed by atoms with E-state index in [4.69, 9.17) is 0 Å². The molecule has 7 nitrogen and oxygen atoms in total. The summed E-state index contributed by atoms with van der Waals surface area (Å²) >= 11 is 0. The van der Waals surface area contributed by atoms with Crippen molar-refractivity contribution in [2.45, 2.75) is 38.3 Å². The Morgan fingerprint density at radius 3 is 2.21 bits per heavy atom. The Balaban J connectivity index is 1.56. The van der Waals surface area contributed by atoms with Crippen LogP contribution < -0.4 is 4.90 Å². The third-order valence-corrected chi connectivity index (χ3v) is 6.00. The SMILES string of the molecule is Cc1ccc(CN2CCN(C(=O)OC(C(F)(F)F)C(F)(F)F)CC2)cc1N1CCC(C(=O)O)C1. The van der Waals surface area contributed by atoms with Crippen molar-refractivity contribution in [2.24, 2.45) is 5.92 Å². The van der Waals surface area contributed by atoms with E-state index in [1.54, 1.807) is 0 Å². The van der Waals surface area contributed by atoms with Crippen molar-refractivity contribution in [3.63, 3.8) is 0 Å². The summed E-state index contributed by atoms with van der Waals surface area (Å²) in [5, 5.41) is 9.22. The first-order valence-corrected chi connectivity index (χ1v) is 10.6. The molecule has 13 heteroatoms. The normalized spacial score (nSPS) is 20.2. The van der Waals surface area contributed by atoms with E-state index in [0.717, 1.165) is 21.7 Å². The number of benzene rings is 1. The molecule has 0 saturated carbocycles. The first kappa shape index (κ1) is 25.9. The molecule has 0 spiro atoms. The molecule has 1 amide bonds. The number of nitrogens with zero attached hydrogens (tertiary/aromatic N) is 3. The maximum atomic E-state index is 12.6. The molecule has 2 aliphatic heterocycles. The zero-order valence-electron chi connectivity index (χ0n) is 18.3. The van der Waals surface area contributed by atoms with Crippen molar-refractivity contribution in [3.8, 4) is 0 Å². The van der Waals surface area contributed by atoms with Crippen molar-refractivity contribution in [1.29, 1.82) is 0 Å². The van der Waals surface area contributed by atoms with Crippen molar-refractivity contribution < 1.29 is 45.8 Å². The predicted molar refractivity (Wildman–Crippen MR) is 108 cm³/mol. The predicted octanol–water partition coefficient (Wildman–Crippen LogP) is 3.65. The van der Waals surface area contributed by atoms with Gasteiger partial charge in [0.05, 0.1) is 5.92 Å². The topological polar surface area (TPSA) is 73.3 Å². The number of aliphatic carboxylic acids is 1. The van der Waals surface area contributed by atoms with Crippen molar-refractivity contribution in [1.82, 2.24) is 9.80 Å². The van der Waals surface area contributed by atoms with Gasteiger partial charge in [-0.15, -0.1) is 0 Å². The second kappa shape index (κ2) is 9.88. The molecule has 0 bridgehead atoms. The van der Waals surface area contributed by atoms with Gasteiger partial charge in [0.1, 0.15) is 0 Å². The van der Waals surface area contributed by atoms with Gasteiger partial charge in [-0.1, -0.05) is 12.1 Å². The fourth-order valence-corrected chi connectivity index (χ4v) is 4.12. The maximum absolute atomic E-state index is 12.6. The highest BCUT2D eigenvalue weighted by Crippen LogP contribution is 2.36. The Kier molecular flexibility index (Phi) is 7.53. The van der Waals surface area contributed by atoms with Crippen molar-refractivity contribution >= 4 is 17.7 Å². The highest BCUT2D eigenvalue weighted by molar-refractivity contribution is 5.72. The molecule has 3 rings (SSSR count). The van der Waals surface area contributed by atoms with Gasteiger partial charge >= 0.3 is 24.4 Å². The van der Waals surface area contributed by atoms with E-state index in [0.29, 0.717) is 26.1 Å². The molecule has 1 atom stereocenters. The smallest absolute Gasteiger partial charge is 0.434 e. The van der Waals surface area contributed by atoms with Crippen LogP contribution in [0.4, 0.5) is 36.8 Å². The average Bonchev–Trinajstić information content (AvgIpc) is 3.22. The molecule has 1 N–H and O–H groups in total. The number of aryl methyl sites for hydroxylation is 1. The monoisotopic (exact) mass is 497 g/mol. The summed E-state index contributed by atoms with van der Waals surface area (Å²) in [5.74, 6) is -1.25. The van der Waals surface area contributed by atoms with Crippen LogP contribution in [-0.2, 0) is 16.1 Å².